The molecule has 1 heterocycles. The van der Waals surface area contributed by atoms with Gasteiger partial charge in [0.05, 0.1) is 11.2 Å². The molecule has 0 unspecified atom stereocenters. The lowest BCUT2D eigenvalue weighted by molar-refractivity contribution is 1.38. The zero-order valence-corrected chi connectivity index (χ0v) is 12.9. The van der Waals surface area contributed by atoms with Gasteiger partial charge in [-0.05, 0) is 30.0 Å². The van der Waals surface area contributed by atoms with Gasteiger partial charge >= 0.3 is 0 Å². The van der Waals surface area contributed by atoms with Crippen LogP contribution in [0.25, 0.3) is 32.9 Å². The average Bonchev–Trinajstić information content (AvgIpc) is 2.55. The van der Waals surface area contributed by atoms with Crippen molar-refractivity contribution < 1.29 is 0 Å². The molecule has 0 aliphatic carbocycles. The summed E-state index contributed by atoms with van der Waals surface area (Å²) < 4.78 is 0. The van der Waals surface area contributed by atoms with Crippen molar-refractivity contribution in [3.05, 3.63) is 77.3 Å². The van der Waals surface area contributed by atoms with Crippen LogP contribution in [0.5, 0.6) is 0 Å². The molecule has 0 spiro atoms. The first-order valence-corrected chi connectivity index (χ1v) is 7.66. The molecule has 0 atom stereocenters. The number of para-hydroxylation sites is 1. The van der Waals surface area contributed by atoms with Crippen molar-refractivity contribution in [1.82, 2.24) is 4.98 Å². The fourth-order valence-corrected chi connectivity index (χ4v) is 3.08. The van der Waals surface area contributed by atoms with Crippen molar-refractivity contribution in [3.63, 3.8) is 0 Å². The van der Waals surface area contributed by atoms with Crippen LogP contribution < -0.4 is 0 Å². The van der Waals surface area contributed by atoms with Gasteiger partial charge in [-0.3, -0.25) is 0 Å². The van der Waals surface area contributed by atoms with Crippen molar-refractivity contribution in [2.45, 2.75) is 6.92 Å². The number of hydrogen-bond acceptors (Lipinski definition) is 1. The summed E-state index contributed by atoms with van der Waals surface area (Å²) in [6, 6.07) is 22.7. The number of pyridine rings is 1. The third kappa shape index (κ3) is 2.06. The molecule has 0 saturated heterocycles. The smallest absolute Gasteiger partial charge is 0.0788 e. The van der Waals surface area contributed by atoms with E-state index in [4.69, 9.17) is 16.6 Å². The van der Waals surface area contributed by atoms with E-state index in [1.165, 1.54) is 21.7 Å². The summed E-state index contributed by atoms with van der Waals surface area (Å²) >= 11 is 6.02. The van der Waals surface area contributed by atoms with Crippen LogP contribution in [0, 0.1) is 6.92 Å². The number of aromatic nitrogens is 1. The van der Waals surface area contributed by atoms with E-state index in [2.05, 4.69) is 49.4 Å². The van der Waals surface area contributed by atoms with Gasteiger partial charge < -0.3 is 0 Å². The summed E-state index contributed by atoms with van der Waals surface area (Å²) in [5.41, 5.74) is 4.35. The molecule has 0 radical (unpaired) electrons. The normalized spacial score (nSPS) is 11.2. The minimum Gasteiger partial charge on any atom is -0.247 e. The summed E-state index contributed by atoms with van der Waals surface area (Å²) in [5.74, 6) is 0. The van der Waals surface area contributed by atoms with Gasteiger partial charge in [0.25, 0.3) is 0 Å². The number of nitrogens with zero attached hydrogens (tertiary/aromatic N) is 1. The molecule has 0 bridgehead atoms. The molecule has 1 nitrogen and oxygen atoms in total. The van der Waals surface area contributed by atoms with Crippen molar-refractivity contribution in [1.29, 1.82) is 0 Å². The Morgan fingerprint density at radius 3 is 2.18 bits per heavy atom. The lowest BCUT2D eigenvalue weighted by Crippen LogP contribution is -1.91. The minimum absolute atomic E-state index is 0.741. The van der Waals surface area contributed by atoms with Crippen molar-refractivity contribution >= 4 is 33.3 Å². The highest BCUT2D eigenvalue weighted by Crippen LogP contribution is 2.33. The molecule has 0 saturated carbocycles. The quantitative estimate of drug-likeness (QED) is 0.392. The van der Waals surface area contributed by atoms with Crippen LogP contribution in [-0.2, 0) is 0 Å². The molecule has 106 valence electrons. The molecule has 0 aliphatic heterocycles. The van der Waals surface area contributed by atoms with Crippen molar-refractivity contribution in [2.24, 2.45) is 0 Å². The molecule has 2 heteroatoms. The van der Waals surface area contributed by atoms with Gasteiger partial charge in [-0.25, -0.2) is 4.98 Å². The van der Waals surface area contributed by atoms with Crippen LogP contribution in [0.3, 0.4) is 0 Å². The topological polar surface area (TPSA) is 12.9 Å². The molecule has 0 amide bonds. The zero-order chi connectivity index (χ0) is 15.1. The van der Waals surface area contributed by atoms with Crippen LogP contribution >= 0.6 is 11.6 Å². The van der Waals surface area contributed by atoms with E-state index in [-0.39, 0.29) is 0 Å². The van der Waals surface area contributed by atoms with Crippen LogP contribution in [0.4, 0.5) is 0 Å². The fraction of sp³-hybridized carbons (Fsp3) is 0.0500. The SMILES string of the molecule is Cc1cccc2c1nc(-c1ccc(Cl)cc1)c1ccccc12. The highest BCUT2D eigenvalue weighted by Gasteiger charge is 2.10. The second kappa shape index (κ2) is 5.11. The summed E-state index contributed by atoms with van der Waals surface area (Å²) in [7, 11) is 0. The van der Waals surface area contributed by atoms with Crippen LogP contribution in [0.15, 0.2) is 66.7 Å². The summed E-state index contributed by atoms with van der Waals surface area (Å²) in [5, 5.41) is 4.35. The predicted octanol–water partition coefficient (Wildman–Crippen LogP) is 6.02. The Bertz CT molecular complexity index is 988. The van der Waals surface area contributed by atoms with E-state index >= 15 is 0 Å². The van der Waals surface area contributed by atoms with E-state index in [0.717, 1.165) is 21.8 Å². The Hall–Kier alpha value is -2.38. The van der Waals surface area contributed by atoms with Gasteiger partial charge in [-0.2, -0.15) is 0 Å². The first-order valence-electron chi connectivity index (χ1n) is 7.28. The molecule has 3 aromatic carbocycles. The molecular weight excluding hydrogens is 290 g/mol. The third-order valence-electron chi connectivity index (χ3n) is 4.05. The first-order chi connectivity index (χ1) is 10.7. The molecule has 4 aromatic rings. The van der Waals surface area contributed by atoms with Gasteiger partial charge in [-0.1, -0.05) is 66.2 Å². The Balaban J connectivity index is 2.16. The molecular formula is C20H14ClN. The maximum absolute atomic E-state index is 6.02. The van der Waals surface area contributed by atoms with Gasteiger partial charge in [0.2, 0.25) is 0 Å². The number of fused-ring (bicyclic) bond motifs is 3. The molecule has 0 fully saturated rings. The van der Waals surface area contributed by atoms with E-state index in [9.17, 15) is 0 Å². The molecule has 0 aliphatic rings. The lowest BCUT2D eigenvalue weighted by atomic mass is 9.99. The first kappa shape index (κ1) is 13.3. The Morgan fingerprint density at radius 1 is 0.727 bits per heavy atom. The second-order valence-electron chi connectivity index (χ2n) is 5.48. The highest BCUT2D eigenvalue weighted by atomic mass is 35.5. The number of halogens is 1. The molecule has 1 aromatic heterocycles. The second-order valence-corrected chi connectivity index (χ2v) is 5.92. The minimum atomic E-state index is 0.741. The van der Waals surface area contributed by atoms with Crippen molar-refractivity contribution in [2.75, 3.05) is 0 Å². The maximum atomic E-state index is 6.02. The largest absolute Gasteiger partial charge is 0.247 e. The highest BCUT2D eigenvalue weighted by molar-refractivity contribution is 6.30. The van der Waals surface area contributed by atoms with Crippen molar-refractivity contribution in [3.8, 4) is 11.3 Å². The molecule has 4 rings (SSSR count). The van der Waals surface area contributed by atoms with Gasteiger partial charge in [0.1, 0.15) is 0 Å². The summed E-state index contributed by atoms with van der Waals surface area (Å²) in [6.07, 6.45) is 0. The maximum Gasteiger partial charge on any atom is 0.0788 e. The van der Waals surface area contributed by atoms with Crippen LogP contribution in [0.1, 0.15) is 5.56 Å². The summed E-state index contributed by atoms with van der Waals surface area (Å²) in [4.78, 5) is 4.96. The Kier molecular flexibility index (Phi) is 3.09. The Labute approximate surface area is 134 Å². The fourth-order valence-electron chi connectivity index (χ4n) is 2.95. The van der Waals surface area contributed by atoms with Crippen LogP contribution in [-0.4, -0.2) is 4.98 Å². The van der Waals surface area contributed by atoms with E-state index in [1.807, 2.05) is 24.3 Å². The van der Waals surface area contributed by atoms with E-state index < -0.39 is 0 Å². The van der Waals surface area contributed by atoms with Gasteiger partial charge in [0.15, 0.2) is 0 Å². The van der Waals surface area contributed by atoms with E-state index in [1.54, 1.807) is 0 Å². The molecule has 0 N–H and O–H groups in total. The predicted molar refractivity (Wildman–Crippen MR) is 94.4 cm³/mol. The number of aryl methyl sites for hydroxylation is 1. The Morgan fingerprint density at radius 2 is 1.41 bits per heavy atom. The third-order valence-corrected chi connectivity index (χ3v) is 4.30. The standard InChI is InChI=1S/C20H14ClN/c1-13-5-4-8-17-16-6-2-3-7-18(16)20(22-19(13)17)14-9-11-15(21)12-10-14/h2-12H,1H3. The molecule has 22 heavy (non-hydrogen) atoms. The number of hydrogen-bond donors (Lipinski definition) is 0. The van der Waals surface area contributed by atoms with Gasteiger partial charge in [0, 0.05) is 21.4 Å². The number of benzene rings is 3. The number of rotatable bonds is 1. The van der Waals surface area contributed by atoms with E-state index in [0.29, 0.717) is 0 Å². The van der Waals surface area contributed by atoms with Crippen LogP contribution in [0.2, 0.25) is 5.02 Å². The zero-order valence-electron chi connectivity index (χ0n) is 12.2. The van der Waals surface area contributed by atoms with Gasteiger partial charge in [-0.15, -0.1) is 0 Å². The monoisotopic (exact) mass is 303 g/mol. The lowest BCUT2D eigenvalue weighted by Gasteiger charge is -2.11. The average molecular weight is 304 g/mol. The summed E-state index contributed by atoms with van der Waals surface area (Å²) in [6.45, 7) is 2.11.